The normalized spacial score (nSPS) is 15.2. The average molecular weight is 528 g/mol. The van der Waals surface area contributed by atoms with Gasteiger partial charge >= 0.3 is 0 Å². The second-order valence-corrected chi connectivity index (χ2v) is 10.0. The molecule has 2 heterocycles. The van der Waals surface area contributed by atoms with Crippen LogP contribution in [0, 0.1) is 0 Å². The van der Waals surface area contributed by atoms with Crippen LogP contribution in [-0.4, -0.2) is 36.5 Å². The van der Waals surface area contributed by atoms with Crippen molar-refractivity contribution in [3.8, 4) is 11.5 Å². The van der Waals surface area contributed by atoms with Crippen LogP contribution in [0.2, 0.25) is 5.02 Å². The fraction of sp³-hybridized carbons (Fsp3) is 0.160. The molecule has 180 valence electrons. The number of amides is 2. The molecule has 35 heavy (non-hydrogen) atoms. The van der Waals surface area contributed by atoms with Crippen LogP contribution < -0.4 is 19.7 Å². The SMILES string of the molecule is COc1ccc(N2C(=O)/C(=C\c3cccs3)N=C2SC(C)C(=O)Nc2ccccc2OC)cc1Cl. The molecule has 0 spiro atoms. The highest BCUT2D eigenvalue weighted by atomic mass is 35.5. The van der Waals surface area contributed by atoms with Gasteiger partial charge in [0.15, 0.2) is 5.17 Å². The molecular formula is C25H22ClN3O4S2. The van der Waals surface area contributed by atoms with Crippen molar-refractivity contribution >= 4 is 69.1 Å². The van der Waals surface area contributed by atoms with Crippen LogP contribution in [-0.2, 0) is 9.59 Å². The lowest BCUT2D eigenvalue weighted by Crippen LogP contribution is -2.33. The smallest absolute Gasteiger partial charge is 0.283 e. The molecule has 1 aliphatic heterocycles. The Morgan fingerprint density at radius 2 is 1.91 bits per heavy atom. The van der Waals surface area contributed by atoms with E-state index in [1.165, 1.54) is 35.1 Å². The molecule has 2 amide bonds. The van der Waals surface area contributed by atoms with Crippen LogP contribution in [0.15, 0.2) is 70.7 Å². The Morgan fingerprint density at radius 1 is 1.14 bits per heavy atom. The summed E-state index contributed by atoms with van der Waals surface area (Å²) in [5, 5.41) is 4.98. The minimum absolute atomic E-state index is 0.252. The van der Waals surface area contributed by atoms with E-state index >= 15 is 0 Å². The molecule has 0 saturated carbocycles. The maximum absolute atomic E-state index is 13.4. The number of ether oxygens (including phenoxy) is 2. The van der Waals surface area contributed by atoms with Crippen molar-refractivity contribution in [3.05, 3.63) is 75.6 Å². The van der Waals surface area contributed by atoms with Crippen LogP contribution in [0.4, 0.5) is 11.4 Å². The number of anilines is 2. The molecule has 0 radical (unpaired) electrons. The zero-order valence-corrected chi connectivity index (χ0v) is 21.5. The summed E-state index contributed by atoms with van der Waals surface area (Å²) in [4.78, 5) is 33.3. The molecule has 1 aliphatic rings. The molecule has 0 saturated heterocycles. The van der Waals surface area contributed by atoms with E-state index in [0.717, 1.165) is 4.88 Å². The number of thioether (sulfide) groups is 1. The molecule has 1 aromatic heterocycles. The van der Waals surface area contributed by atoms with Crippen LogP contribution >= 0.6 is 34.7 Å². The third kappa shape index (κ3) is 5.53. The molecule has 1 unspecified atom stereocenters. The number of rotatable bonds is 7. The predicted octanol–water partition coefficient (Wildman–Crippen LogP) is 5.92. The fourth-order valence-electron chi connectivity index (χ4n) is 3.30. The van der Waals surface area contributed by atoms with E-state index in [1.54, 1.807) is 50.4 Å². The summed E-state index contributed by atoms with van der Waals surface area (Å²) in [6, 6.07) is 16.0. The summed E-state index contributed by atoms with van der Waals surface area (Å²) >= 11 is 9.01. The zero-order chi connectivity index (χ0) is 24.9. The van der Waals surface area contributed by atoms with Gasteiger partial charge in [-0.15, -0.1) is 11.3 Å². The summed E-state index contributed by atoms with van der Waals surface area (Å²) < 4.78 is 10.6. The molecule has 2 aromatic carbocycles. The fourth-order valence-corrected chi connectivity index (χ4v) is 5.13. The topological polar surface area (TPSA) is 80.2 Å². The summed E-state index contributed by atoms with van der Waals surface area (Å²) in [6.45, 7) is 1.75. The van der Waals surface area contributed by atoms with Crippen molar-refractivity contribution < 1.29 is 19.1 Å². The Hall–Kier alpha value is -3.27. The summed E-state index contributed by atoms with van der Waals surface area (Å²) in [5.41, 5.74) is 1.37. The largest absolute Gasteiger partial charge is 0.495 e. The van der Waals surface area contributed by atoms with Crippen LogP contribution in [0.1, 0.15) is 11.8 Å². The van der Waals surface area contributed by atoms with E-state index in [4.69, 9.17) is 21.1 Å². The molecular weight excluding hydrogens is 506 g/mol. The van der Waals surface area contributed by atoms with Crippen molar-refractivity contribution in [2.45, 2.75) is 12.2 Å². The molecule has 7 nitrogen and oxygen atoms in total. The number of halogens is 1. The molecule has 0 bridgehead atoms. The zero-order valence-electron chi connectivity index (χ0n) is 19.2. The minimum Gasteiger partial charge on any atom is -0.495 e. The van der Waals surface area contributed by atoms with E-state index < -0.39 is 5.25 Å². The summed E-state index contributed by atoms with van der Waals surface area (Å²) in [5.74, 6) is 0.492. The number of carbonyl (C=O) groups is 2. The van der Waals surface area contributed by atoms with E-state index in [1.807, 2.05) is 29.6 Å². The van der Waals surface area contributed by atoms with Crippen LogP contribution in [0.25, 0.3) is 6.08 Å². The van der Waals surface area contributed by atoms with Gasteiger partial charge < -0.3 is 14.8 Å². The number of amidine groups is 1. The standard InChI is InChI=1S/C25H22ClN3O4S2/c1-15(23(30)27-19-8-4-5-9-22(19)33-3)35-25-28-20(14-17-7-6-12-34-17)24(31)29(25)16-10-11-21(32-2)18(26)13-16/h4-15H,1-3H3,(H,27,30)/b20-14+. The average Bonchev–Trinajstić information content (AvgIpc) is 3.47. The maximum Gasteiger partial charge on any atom is 0.283 e. The number of nitrogens with one attached hydrogen (secondary N) is 1. The first-order valence-electron chi connectivity index (χ1n) is 10.5. The van der Waals surface area contributed by atoms with Gasteiger partial charge in [0.25, 0.3) is 5.91 Å². The Morgan fingerprint density at radius 3 is 2.60 bits per heavy atom. The third-order valence-corrected chi connectivity index (χ3v) is 7.23. The first-order valence-corrected chi connectivity index (χ1v) is 12.7. The number of para-hydroxylation sites is 2. The van der Waals surface area contributed by atoms with E-state index in [2.05, 4.69) is 10.3 Å². The van der Waals surface area contributed by atoms with Gasteiger partial charge in [-0.25, -0.2) is 4.99 Å². The molecule has 4 rings (SSSR count). The van der Waals surface area contributed by atoms with E-state index in [-0.39, 0.29) is 17.5 Å². The summed E-state index contributed by atoms with van der Waals surface area (Å²) in [6.07, 6.45) is 1.73. The molecule has 10 heteroatoms. The van der Waals surface area contributed by atoms with Crippen molar-refractivity contribution in [3.63, 3.8) is 0 Å². The van der Waals surface area contributed by atoms with Crippen LogP contribution in [0.5, 0.6) is 11.5 Å². The van der Waals surface area contributed by atoms with Crippen molar-refractivity contribution in [2.75, 3.05) is 24.4 Å². The Bertz CT molecular complexity index is 1310. The number of thiophene rings is 1. The number of benzene rings is 2. The van der Waals surface area contributed by atoms with E-state index in [0.29, 0.717) is 33.1 Å². The number of nitrogens with zero attached hydrogens (tertiary/aromatic N) is 2. The first kappa shape index (κ1) is 24.8. The third-order valence-electron chi connectivity index (χ3n) is 5.06. The van der Waals surface area contributed by atoms with Crippen molar-refractivity contribution in [1.82, 2.24) is 0 Å². The summed E-state index contributed by atoms with van der Waals surface area (Å²) in [7, 11) is 3.07. The van der Waals surface area contributed by atoms with Crippen molar-refractivity contribution in [1.29, 1.82) is 0 Å². The Balaban J connectivity index is 1.62. The van der Waals surface area contributed by atoms with Gasteiger partial charge in [0.1, 0.15) is 17.2 Å². The second kappa shape index (κ2) is 11.0. The molecule has 0 fully saturated rings. The molecule has 1 atom stereocenters. The van der Waals surface area contributed by atoms with Gasteiger partial charge in [0.2, 0.25) is 5.91 Å². The van der Waals surface area contributed by atoms with Gasteiger partial charge in [0, 0.05) is 4.88 Å². The predicted molar refractivity (Wildman–Crippen MR) is 144 cm³/mol. The van der Waals surface area contributed by atoms with Crippen LogP contribution in [0.3, 0.4) is 0 Å². The Labute approximate surface area is 216 Å². The number of aliphatic imine (C=N–C) groups is 1. The maximum atomic E-state index is 13.4. The van der Waals surface area contributed by atoms with Crippen molar-refractivity contribution in [2.24, 2.45) is 4.99 Å². The highest BCUT2D eigenvalue weighted by Gasteiger charge is 2.34. The number of carbonyl (C=O) groups excluding carboxylic acids is 2. The highest BCUT2D eigenvalue weighted by molar-refractivity contribution is 8.15. The quantitative estimate of drug-likeness (QED) is 0.386. The molecule has 3 aromatic rings. The lowest BCUT2D eigenvalue weighted by atomic mass is 10.2. The van der Waals surface area contributed by atoms with Gasteiger partial charge in [0.05, 0.1) is 35.9 Å². The second-order valence-electron chi connectivity index (χ2n) is 7.35. The lowest BCUT2D eigenvalue weighted by molar-refractivity contribution is -0.115. The molecule has 0 aliphatic carbocycles. The molecule has 1 N–H and O–H groups in total. The number of hydrogen-bond donors (Lipinski definition) is 1. The van der Waals surface area contributed by atoms with Gasteiger partial charge in [-0.05, 0) is 54.8 Å². The first-order chi connectivity index (χ1) is 16.9. The van der Waals surface area contributed by atoms with Gasteiger partial charge in [-0.1, -0.05) is 41.6 Å². The number of methoxy groups -OCH3 is 2. The van der Waals surface area contributed by atoms with Gasteiger partial charge in [-0.3, -0.25) is 14.5 Å². The lowest BCUT2D eigenvalue weighted by Gasteiger charge is -2.21. The Kier molecular flexibility index (Phi) is 7.80. The monoisotopic (exact) mass is 527 g/mol. The highest BCUT2D eigenvalue weighted by Crippen LogP contribution is 2.36. The minimum atomic E-state index is -0.566. The van der Waals surface area contributed by atoms with Gasteiger partial charge in [-0.2, -0.15) is 0 Å². The number of hydrogen-bond acceptors (Lipinski definition) is 7. The van der Waals surface area contributed by atoms with E-state index in [9.17, 15) is 9.59 Å².